The van der Waals surface area contributed by atoms with E-state index in [2.05, 4.69) is 20.8 Å². The minimum Gasteiger partial charge on any atom is -0.472 e. The summed E-state index contributed by atoms with van der Waals surface area (Å²) < 4.78 is 23.9. The Morgan fingerprint density at radius 3 is 2.51 bits per heavy atom. The number of carbonyl (C=O) groups is 3. The summed E-state index contributed by atoms with van der Waals surface area (Å²) in [5, 5.41) is 0. The largest absolute Gasteiger partial charge is 0.472 e. The van der Waals surface area contributed by atoms with Crippen LogP contribution in [0.2, 0.25) is 0 Å². The zero-order chi connectivity index (χ0) is 25.2. The molecule has 4 fully saturated rings. The van der Waals surface area contributed by atoms with Crippen LogP contribution in [0.15, 0.2) is 35.2 Å². The lowest BCUT2D eigenvalue weighted by atomic mass is 9.38. The molecule has 1 spiro atoms. The molecular formula is C28H34O7. The van der Waals surface area contributed by atoms with E-state index in [1.54, 1.807) is 18.6 Å². The van der Waals surface area contributed by atoms with Gasteiger partial charge in [-0.2, -0.15) is 0 Å². The lowest BCUT2D eigenvalue weighted by Gasteiger charge is -2.66. The van der Waals surface area contributed by atoms with Gasteiger partial charge in [-0.3, -0.25) is 9.59 Å². The van der Waals surface area contributed by atoms with Crippen LogP contribution in [-0.2, 0) is 28.6 Å². The first-order valence-corrected chi connectivity index (χ1v) is 12.7. The molecule has 1 aromatic rings. The zero-order valence-electron chi connectivity index (χ0n) is 21.3. The van der Waals surface area contributed by atoms with Gasteiger partial charge in [-0.15, -0.1) is 0 Å². The van der Waals surface area contributed by atoms with Crippen LogP contribution in [-0.4, -0.2) is 41.1 Å². The van der Waals surface area contributed by atoms with Crippen molar-refractivity contribution in [2.24, 2.45) is 28.1 Å². The van der Waals surface area contributed by atoms with Crippen LogP contribution in [0.1, 0.15) is 72.3 Å². The second-order valence-corrected chi connectivity index (χ2v) is 12.5. The Hall–Kier alpha value is -2.41. The number of furan rings is 1. The standard InChI is InChI=1S/C28H34O7/c1-15(29)33-19-13-18-24(2,3)34-20(30)8-10-25(18,4)17-7-11-26(5)21(16-9-12-32-14-16)22(31)23-28(26,35-23)27(17,19)6/h8-10,12,14,17-19,21,23H,7,11,13H2,1-6H3/t17-,18+,19-,21-,23-,25-,26+,27+,28-/m1/s1. The highest BCUT2D eigenvalue weighted by molar-refractivity contribution is 5.98. The highest BCUT2D eigenvalue weighted by Gasteiger charge is 2.89. The van der Waals surface area contributed by atoms with Gasteiger partial charge in [0.15, 0.2) is 5.78 Å². The molecule has 1 aromatic heterocycles. The summed E-state index contributed by atoms with van der Waals surface area (Å²) in [6, 6.07) is 1.88. The SMILES string of the molecule is CC(=O)O[C@@H]1C[C@H]2C(C)(C)OC(=O)C=C[C@]2(C)[C@H]2CC[C@@]3(C)[C@H](c4ccoc4)C(=O)[C@H]4O[C@]43[C@@]21C. The first-order chi connectivity index (χ1) is 16.3. The molecule has 0 radical (unpaired) electrons. The summed E-state index contributed by atoms with van der Waals surface area (Å²) in [6.07, 6.45) is 7.94. The minimum absolute atomic E-state index is 0.0112. The maximum Gasteiger partial charge on any atom is 0.330 e. The van der Waals surface area contributed by atoms with E-state index in [1.165, 1.54) is 6.92 Å². The highest BCUT2D eigenvalue weighted by Crippen LogP contribution is 2.81. The Balaban J connectivity index is 1.54. The van der Waals surface area contributed by atoms with Gasteiger partial charge in [-0.1, -0.05) is 26.8 Å². The molecule has 0 N–H and O–H groups in total. The van der Waals surface area contributed by atoms with E-state index in [4.69, 9.17) is 18.6 Å². The second-order valence-electron chi connectivity index (χ2n) is 12.5. The fourth-order valence-corrected chi connectivity index (χ4v) is 9.48. The van der Waals surface area contributed by atoms with Gasteiger partial charge in [0.05, 0.1) is 18.4 Å². The molecule has 2 aliphatic heterocycles. The third-order valence-corrected chi connectivity index (χ3v) is 10.7. The number of Topliss-reactive ketones (excluding diaryl/α,β-unsaturated/α-hetero) is 1. The molecule has 0 unspecified atom stereocenters. The number of esters is 2. The van der Waals surface area contributed by atoms with Crippen molar-refractivity contribution in [1.29, 1.82) is 0 Å². The lowest BCUT2D eigenvalue weighted by molar-refractivity contribution is -0.239. The number of ketones is 1. The van der Waals surface area contributed by atoms with Crippen LogP contribution in [0.25, 0.3) is 0 Å². The van der Waals surface area contributed by atoms with Crippen molar-refractivity contribution in [3.05, 3.63) is 36.3 Å². The molecule has 5 aliphatic rings. The van der Waals surface area contributed by atoms with Crippen molar-refractivity contribution >= 4 is 17.7 Å². The Morgan fingerprint density at radius 1 is 1.11 bits per heavy atom. The van der Waals surface area contributed by atoms with Crippen LogP contribution < -0.4 is 0 Å². The van der Waals surface area contributed by atoms with Crippen LogP contribution in [0.3, 0.4) is 0 Å². The summed E-state index contributed by atoms with van der Waals surface area (Å²) in [4.78, 5) is 38.7. The quantitative estimate of drug-likeness (QED) is 0.457. The Kier molecular flexibility index (Phi) is 4.38. The average Bonchev–Trinajstić information content (AvgIpc) is 3.27. The van der Waals surface area contributed by atoms with Gasteiger partial charge in [-0.25, -0.2) is 4.79 Å². The van der Waals surface area contributed by atoms with Gasteiger partial charge < -0.3 is 18.6 Å². The molecule has 3 heterocycles. The molecule has 3 aliphatic carbocycles. The van der Waals surface area contributed by atoms with Crippen molar-refractivity contribution in [3.8, 4) is 0 Å². The molecule has 1 saturated heterocycles. The van der Waals surface area contributed by atoms with Gasteiger partial charge in [0, 0.05) is 35.3 Å². The van der Waals surface area contributed by atoms with Crippen LogP contribution in [0, 0.1) is 28.1 Å². The van der Waals surface area contributed by atoms with Gasteiger partial charge in [0.25, 0.3) is 0 Å². The predicted octanol–water partition coefficient (Wildman–Crippen LogP) is 4.36. The third-order valence-electron chi connectivity index (χ3n) is 10.7. The van der Waals surface area contributed by atoms with E-state index in [1.807, 2.05) is 26.0 Å². The van der Waals surface area contributed by atoms with E-state index in [0.29, 0.717) is 6.42 Å². The highest BCUT2D eigenvalue weighted by atomic mass is 16.6. The smallest absolute Gasteiger partial charge is 0.330 e. The average molecular weight is 483 g/mol. The van der Waals surface area contributed by atoms with Crippen molar-refractivity contribution in [3.63, 3.8) is 0 Å². The van der Waals surface area contributed by atoms with E-state index in [9.17, 15) is 14.4 Å². The van der Waals surface area contributed by atoms with Crippen LogP contribution in [0.5, 0.6) is 0 Å². The van der Waals surface area contributed by atoms with Crippen molar-refractivity contribution in [2.45, 2.75) is 90.1 Å². The molecule has 9 atom stereocenters. The summed E-state index contributed by atoms with van der Waals surface area (Å²) in [6.45, 7) is 11.8. The number of carbonyl (C=O) groups excluding carboxylic acids is 3. The van der Waals surface area contributed by atoms with Crippen LogP contribution in [0.4, 0.5) is 0 Å². The number of cyclic esters (lactones) is 1. The maximum atomic E-state index is 13.8. The molecule has 35 heavy (non-hydrogen) atoms. The van der Waals surface area contributed by atoms with E-state index in [0.717, 1.165) is 18.4 Å². The van der Waals surface area contributed by atoms with Crippen LogP contribution >= 0.6 is 0 Å². The summed E-state index contributed by atoms with van der Waals surface area (Å²) >= 11 is 0. The lowest BCUT2D eigenvalue weighted by Crippen LogP contribution is -2.69. The number of hydrogen-bond acceptors (Lipinski definition) is 7. The molecule has 6 rings (SSSR count). The van der Waals surface area contributed by atoms with Gasteiger partial charge in [0.1, 0.15) is 23.4 Å². The van der Waals surface area contributed by atoms with Crippen molar-refractivity contribution in [1.82, 2.24) is 0 Å². The maximum absolute atomic E-state index is 13.8. The normalized spacial score (nSPS) is 49.1. The summed E-state index contributed by atoms with van der Waals surface area (Å²) in [7, 11) is 0. The fraction of sp³-hybridized carbons (Fsp3) is 0.679. The zero-order valence-corrected chi connectivity index (χ0v) is 21.3. The molecule has 7 nitrogen and oxygen atoms in total. The number of epoxide rings is 1. The monoisotopic (exact) mass is 482 g/mol. The first kappa shape index (κ1) is 23.0. The summed E-state index contributed by atoms with van der Waals surface area (Å²) in [5.41, 5.74) is -2.14. The number of fused-ring (bicyclic) bond motifs is 3. The molecule has 188 valence electrons. The van der Waals surface area contributed by atoms with Gasteiger partial charge >= 0.3 is 11.9 Å². The number of ether oxygens (including phenoxy) is 3. The van der Waals surface area contributed by atoms with Gasteiger partial charge in [-0.05, 0) is 50.5 Å². The van der Waals surface area contributed by atoms with E-state index < -0.39 is 39.7 Å². The molecule has 0 bridgehead atoms. The molecule has 7 heteroatoms. The van der Waals surface area contributed by atoms with E-state index in [-0.39, 0.29) is 35.5 Å². The first-order valence-electron chi connectivity index (χ1n) is 12.7. The molecule has 3 saturated carbocycles. The Bertz CT molecular complexity index is 1150. The predicted molar refractivity (Wildman–Crippen MR) is 124 cm³/mol. The third kappa shape index (κ3) is 2.53. The number of rotatable bonds is 2. The van der Waals surface area contributed by atoms with Crippen molar-refractivity contribution < 1.29 is 33.0 Å². The van der Waals surface area contributed by atoms with E-state index >= 15 is 0 Å². The van der Waals surface area contributed by atoms with Gasteiger partial charge in [0.2, 0.25) is 0 Å². The number of hydrogen-bond donors (Lipinski definition) is 0. The Morgan fingerprint density at radius 2 is 1.86 bits per heavy atom. The molecule has 0 amide bonds. The summed E-state index contributed by atoms with van der Waals surface area (Å²) in [5.74, 6) is -1.01. The Labute approximate surface area is 205 Å². The fourth-order valence-electron chi connectivity index (χ4n) is 9.48. The van der Waals surface area contributed by atoms with Crippen molar-refractivity contribution in [2.75, 3.05) is 0 Å². The molecule has 0 aromatic carbocycles. The molecular weight excluding hydrogens is 448 g/mol. The number of allylic oxidation sites excluding steroid dienone is 1. The topological polar surface area (TPSA) is 95.3 Å². The minimum atomic E-state index is -0.759. The second kappa shape index (κ2) is 6.67.